The summed E-state index contributed by atoms with van der Waals surface area (Å²) in [6, 6.07) is 5.05. The second-order valence-corrected chi connectivity index (χ2v) is 5.17. The summed E-state index contributed by atoms with van der Waals surface area (Å²) >= 11 is 0. The van der Waals surface area contributed by atoms with Crippen LogP contribution < -0.4 is 10.6 Å². The van der Waals surface area contributed by atoms with Gasteiger partial charge in [-0.15, -0.1) is 0 Å². The van der Waals surface area contributed by atoms with E-state index in [4.69, 9.17) is 10.9 Å². The number of anilines is 1. The van der Waals surface area contributed by atoms with Gasteiger partial charge in [0, 0.05) is 24.2 Å². The lowest BCUT2D eigenvalue weighted by molar-refractivity contribution is -0.384. The SMILES string of the molecule is CCN(c1ccc(C(N)=NO)cc1[N+](=O)[O-])C1CCCC1. The minimum Gasteiger partial charge on any atom is -0.409 e. The van der Waals surface area contributed by atoms with Crippen molar-refractivity contribution in [3.63, 3.8) is 0 Å². The number of hydrogen-bond acceptors (Lipinski definition) is 5. The average molecular weight is 292 g/mol. The van der Waals surface area contributed by atoms with Crippen LogP contribution in [0.15, 0.2) is 23.4 Å². The van der Waals surface area contributed by atoms with Crippen LogP contribution in [-0.2, 0) is 0 Å². The molecule has 0 atom stereocenters. The summed E-state index contributed by atoms with van der Waals surface area (Å²) in [5.74, 6) is -0.131. The first-order valence-corrected chi connectivity index (χ1v) is 7.11. The van der Waals surface area contributed by atoms with Gasteiger partial charge in [0.1, 0.15) is 5.69 Å². The molecule has 3 N–H and O–H groups in total. The van der Waals surface area contributed by atoms with Crippen LogP contribution in [0.3, 0.4) is 0 Å². The largest absolute Gasteiger partial charge is 0.409 e. The van der Waals surface area contributed by atoms with Gasteiger partial charge < -0.3 is 15.8 Å². The lowest BCUT2D eigenvalue weighted by Crippen LogP contribution is -2.33. The van der Waals surface area contributed by atoms with Gasteiger partial charge in [-0.3, -0.25) is 10.1 Å². The number of rotatable bonds is 5. The standard InChI is InChI=1S/C14H20N4O3/c1-2-17(11-5-3-4-6-11)12-8-7-10(14(15)16-19)9-13(12)18(20)21/h7-9,11,19H,2-6H2,1H3,(H2,15,16). The van der Waals surface area contributed by atoms with Crippen molar-refractivity contribution in [1.29, 1.82) is 0 Å². The predicted molar refractivity (Wildman–Crippen MR) is 80.9 cm³/mol. The van der Waals surface area contributed by atoms with E-state index >= 15 is 0 Å². The van der Waals surface area contributed by atoms with Gasteiger partial charge >= 0.3 is 0 Å². The second-order valence-electron chi connectivity index (χ2n) is 5.17. The fraction of sp³-hybridized carbons (Fsp3) is 0.500. The Morgan fingerprint density at radius 2 is 2.19 bits per heavy atom. The number of nitrogens with two attached hydrogens (primary N) is 1. The third kappa shape index (κ3) is 3.07. The van der Waals surface area contributed by atoms with Crippen LogP contribution in [0.2, 0.25) is 0 Å². The van der Waals surface area contributed by atoms with E-state index in [1.54, 1.807) is 12.1 Å². The van der Waals surface area contributed by atoms with Crippen LogP contribution in [0.5, 0.6) is 0 Å². The number of amidine groups is 1. The van der Waals surface area contributed by atoms with Crippen molar-refractivity contribution in [2.45, 2.75) is 38.6 Å². The van der Waals surface area contributed by atoms with Gasteiger partial charge in [-0.05, 0) is 31.9 Å². The molecule has 7 heteroatoms. The molecule has 1 aromatic carbocycles. The van der Waals surface area contributed by atoms with E-state index in [9.17, 15) is 10.1 Å². The Bertz CT molecular complexity index is 553. The van der Waals surface area contributed by atoms with Crippen LogP contribution in [0.25, 0.3) is 0 Å². The zero-order valence-electron chi connectivity index (χ0n) is 12.0. The fourth-order valence-corrected chi connectivity index (χ4v) is 2.97. The molecule has 0 aromatic heterocycles. The highest BCUT2D eigenvalue weighted by Gasteiger charge is 2.27. The molecule has 1 saturated carbocycles. The van der Waals surface area contributed by atoms with E-state index in [0.29, 0.717) is 23.8 Å². The maximum atomic E-state index is 11.4. The zero-order chi connectivity index (χ0) is 15.4. The van der Waals surface area contributed by atoms with Crippen molar-refractivity contribution in [2.24, 2.45) is 10.9 Å². The number of oxime groups is 1. The molecular weight excluding hydrogens is 272 g/mol. The normalized spacial score (nSPS) is 16.1. The number of benzene rings is 1. The quantitative estimate of drug-likeness (QED) is 0.285. The molecule has 0 saturated heterocycles. The van der Waals surface area contributed by atoms with Crippen LogP contribution >= 0.6 is 0 Å². The third-order valence-electron chi connectivity index (χ3n) is 3.99. The Morgan fingerprint density at radius 3 is 2.71 bits per heavy atom. The molecule has 114 valence electrons. The van der Waals surface area contributed by atoms with Gasteiger partial charge in [0.15, 0.2) is 5.84 Å². The van der Waals surface area contributed by atoms with Crippen molar-refractivity contribution >= 4 is 17.2 Å². The molecule has 7 nitrogen and oxygen atoms in total. The van der Waals surface area contributed by atoms with Gasteiger partial charge in [0.2, 0.25) is 0 Å². The summed E-state index contributed by atoms with van der Waals surface area (Å²) in [5, 5.41) is 22.9. The van der Waals surface area contributed by atoms with Gasteiger partial charge in [-0.1, -0.05) is 18.0 Å². The molecule has 1 aliphatic carbocycles. The van der Waals surface area contributed by atoms with Crippen LogP contribution in [0.1, 0.15) is 38.2 Å². The summed E-state index contributed by atoms with van der Waals surface area (Å²) in [5.41, 5.74) is 6.45. The molecule has 0 heterocycles. The van der Waals surface area contributed by atoms with Crippen LogP contribution in [0, 0.1) is 10.1 Å². The van der Waals surface area contributed by atoms with E-state index in [1.165, 1.54) is 6.07 Å². The Hall–Kier alpha value is -2.31. The number of nitro benzene ring substituents is 1. The molecule has 0 bridgehead atoms. The highest BCUT2D eigenvalue weighted by molar-refractivity contribution is 5.98. The monoisotopic (exact) mass is 292 g/mol. The topological polar surface area (TPSA) is 105 Å². The van der Waals surface area contributed by atoms with E-state index in [-0.39, 0.29) is 11.5 Å². The zero-order valence-corrected chi connectivity index (χ0v) is 12.0. The minimum absolute atomic E-state index is 0.00662. The Labute approximate surface area is 123 Å². The molecule has 0 aliphatic heterocycles. The van der Waals surface area contributed by atoms with Crippen molar-refractivity contribution in [2.75, 3.05) is 11.4 Å². The summed E-state index contributed by atoms with van der Waals surface area (Å²) in [4.78, 5) is 13.0. The second kappa shape index (κ2) is 6.43. The van der Waals surface area contributed by atoms with Crippen molar-refractivity contribution in [1.82, 2.24) is 0 Å². The molecule has 0 amide bonds. The molecule has 0 spiro atoms. The van der Waals surface area contributed by atoms with Gasteiger partial charge in [-0.2, -0.15) is 0 Å². The molecule has 1 aliphatic rings. The molecule has 1 fully saturated rings. The van der Waals surface area contributed by atoms with Gasteiger partial charge in [-0.25, -0.2) is 0 Å². The highest BCUT2D eigenvalue weighted by Crippen LogP contribution is 2.34. The van der Waals surface area contributed by atoms with Crippen molar-refractivity contribution in [3.05, 3.63) is 33.9 Å². The van der Waals surface area contributed by atoms with Crippen LogP contribution in [0.4, 0.5) is 11.4 Å². The lowest BCUT2D eigenvalue weighted by atomic mass is 10.1. The summed E-state index contributed by atoms with van der Waals surface area (Å²) in [7, 11) is 0. The number of hydrogen-bond donors (Lipinski definition) is 2. The lowest BCUT2D eigenvalue weighted by Gasteiger charge is -2.29. The molecular formula is C14H20N4O3. The summed E-state index contributed by atoms with van der Waals surface area (Å²) in [6.07, 6.45) is 4.45. The molecule has 0 radical (unpaired) electrons. The van der Waals surface area contributed by atoms with E-state index in [1.807, 2.05) is 6.92 Å². The Balaban J connectivity index is 2.44. The number of nitrogens with zero attached hydrogens (tertiary/aromatic N) is 3. The maximum absolute atomic E-state index is 11.4. The third-order valence-corrected chi connectivity index (χ3v) is 3.99. The predicted octanol–water partition coefficient (Wildman–Crippen LogP) is 2.46. The maximum Gasteiger partial charge on any atom is 0.293 e. The minimum atomic E-state index is -0.416. The average Bonchev–Trinajstić information content (AvgIpc) is 3.01. The van der Waals surface area contributed by atoms with Gasteiger partial charge in [0.25, 0.3) is 5.69 Å². The first-order valence-electron chi connectivity index (χ1n) is 7.11. The Morgan fingerprint density at radius 1 is 1.52 bits per heavy atom. The highest BCUT2D eigenvalue weighted by atomic mass is 16.6. The molecule has 0 unspecified atom stereocenters. The summed E-state index contributed by atoms with van der Waals surface area (Å²) in [6.45, 7) is 2.72. The first kappa shape index (κ1) is 15.1. The van der Waals surface area contributed by atoms with E-state index in [0.717, 1.165) is 25.7 Å². The van der Waals surface area contributed by atoms with Crippen LogP contribution in [-0.4, -0.2) is 28.6 Å². The smallest absolute Gasteiger partial charge is 0.293 e. The summed E-state index contributed by atoms with van der Waals surface area (Å²) < 4.78 is 0. The van der Waals surface area contributed by atoms with Gasteiger partial charge in [0.05, 0.1) is 4.92 Å². The van der Waals surface area contributed by atoms with Crippen molar-refractivity contribution < 1.29 is 10.1 Å². The molecule has 2 rings (SSSR count). The van der Waals surface area contributed by atoms with E-state index < -0.39 is 4.92 Å². The van der Waals surface area contributed by atoms with E-state index in [2.05, 4.69) is 10.1 Å². The molecule has 1 aromatic rings. The van der Waals surface area contributed by atoms with Crippen molar-refractivity contribution in [3.8, 4) is 0 Å². The number of nitro groups is 1. The Kier molecular flexibility index (Phi) is 4.62. The fourth-order valence-electron chi connectivity index (χ4n) is 2.97. The molecule has 21 heavy (non-hydrogen) atoms. The first-order chi connectivity index (χ1) is 10.1.